The molecule has 0 radical (unpaired) electrons. The van der Waals surface area contributed by atoms with Crippen LogP contribution in [0.15, 0.2) is 0 Å². The van der Waals surface area contributed by atoms with Gasteiger partial charge in [0.05, 0.1) is 12.6 Å². The minimum atomic E-state index is -5.20. The van der Waals surface area contributed by atoms with Gasteiger partial charge in [0.1, 0.15) is 21.8 Å². The zero-order valence-electron chi connectivity index (χ0n) is 23.4. The number of amides is 4. The fourth-order valence-electron chi connectivity index (χ4n) is 4.14. The molecule has 0 aromatic rings. The van der Waals surface area contributed by atoms with E-state index in [2.05, 4.69) is 16.0 Å². The number of nitrogens with zero attached hydrogens (tertiary/aromatic N) is 1. The maximum atomic E-state index is 13.0. The number of carbonyl (C=O) groups excluding carboxylic acids is 4. The molecule has 218 valence electrons. The predicted octanol–water partition coefficient (Wildman–Crippen LogP) is -3.13. The largest absolute Gasteiger partial charge is 1.00 e. The quantitative estimate of drug-likeness (QED) is 0.142. The molecule has 2 fully saturated rings. The van der Waals surface area contributed by atoms with Crippen molar-refractivity contribution in [1.29, 1.82) is 0 Å². The van der Waals surface area contributed by atoms with Gasteiger partial charge in [-0.05, 0) is 46.0 Å². The normalized spacial score (nSPS) is 20.2. The molecule has 4 amide bonds. The smallest absolute Gasteiger partial charge is 0.746 e. The molecule has 4 atom stereocenters. The van der Waals surface area contributed by atoms with Crippen molar-refractivity contribution in [3.05, 3.63) is 0 Å². The van der Waals surface area contributed by atoms with E-state index >= 15 is 0 Å². The van der Waals surface area contributed by atoms with E-state index in [0.29, 0.717) is 26.1 Å². The zero-order chi connectivity index (χ0) is 28.8. The maximum absolute atomic E-state index is 13.0. The number of hydrogen-bond acceptors (Lipinski definition) is 10. The van der Waals surface area contributed by atoms with Crippen LogP contribution in [0.25, 0.3) is 0 Å². The van der Waals surface area contributed by atoms with E-state index in [4.69, 9.17) is 9.47 Å². The number of hydrogen-bond donors (Lipinski definition) is 4. The molecule has 0 saturated carbocycles. The van der Waals surface area contributed by atoms with Gasteiger partial charge in [-0.2, -0.15) is 0 Å². The third-order valence-electron chi connectivity index (χ3n) is 6.04. The van der Waals surface area contributed by atoms with Crippen LogP contribution >= 0.6 is 0 Å². The first-order chi connectivity index (χ1) is 17.5. The Kier molecular flexibility index (Phi) is 13.4. The Bertz CT molecular complexity index is 982. The molecule has 39 heavy (non-hydrogen) atoms. The second-order valence-electron chi connectivity index (χ2n) is 11.2. The number of ether oxygens (including phenoxy) is 2. The summed E-state index contributed by atoms with van der Waals surface area (Å²) in [5.41, 5.74) is -3.10. The third-order valence-corrected chi connectivity index (χ3v) is 6.96. The van der Waals surface area contributed by atoms with Crippen LogP contribution in [0, 0.1) is 17.8 Å². The van der Waals surface area contributed by atoms with Crippen LogP contribution < -0.4 is 45.5 Å². The summed E-state index contributed by atoms with van der Waals surface area (Å²) < 4.78 is 44.9. The number of rotatable bonds is 11. The first-order valence-electron chi connectivity index (χ1n) is 12.6. The summed E-state index contributed by atoms with van der Waals surface area (Å²) in [5, 5.41) is 17.4. The molecule has 2 saturated heterocycles. The van der Waals surface area contributed by atoms with E-state index in [9.17, 15) is 37.3 Å². The number of aliphatic hydroxyl groups excluding tert-OH is 1. The average molecular weight is 587 g/mol. The molecular weight excluding hydrogens is 547 g/mol. The molecule has 16 heteroatoms. The fourth-order valence-corrected chi connectivity index (χ4v) is 4.72. The molecular formula is C23H39N4NaO10S. The summed E-state index contributed by atoms with van der Waals surface area (Å²) in [4.78, 5) is 50.8. The van der Waals surface area contributed by atoms with Crippen LogP contribution in [-0.4, -0.2) is 96.3 Å². The van der Waals surface area contributed by atoms with E-state index in [1.54, 1.807) is 34.6 Å². The van der Waals surface area contributed by atoms with Crippen LogP contribution in [0.2, 0.25) is 0 Å². The Hall–Kier alpha value is -1.65. The van der Waals surface area contributed by atoms with Gasteiger partial charge in [-0.15, -0.1) is 0 Å². The van der Waals surface area contributed by atoms with Gasteiger partial charge in [-0.25, -0.2) is 18.0 Å². The number of likely N-dealkylation sites (tertiary alicyclic amines) is 1. The fraction of sp³-hybridized carbons (Fsp3) is 0.826. The molecule has 0 aromatic heterocycles. The van der Waals surface area contributed by atoms with E-state index in [1.807, 2.05) is 0 Å². The van der Waals surface area contributed by atoms with Gasteiger partial charge < -0.3 is 40.0 Å². The predicted molar refractivity (Wildman–Crippen MR) is 132 cm³/mol. The standard InChI is InChI=1S/C23H40N4O10S.Na/c1-13(2)8-16(26-21(31)36-12-14-10-27(11-14)22(32)37-23(3,4)5)19(29)25-17(20(30)38(33,34)35)9-15-6-7-24-18(15)28;/h13-17,20,30H,6-12H2,1-5H3,(H,24,28)(H,25,29)(H,26,31)(H,33,34,35);/q;+1/p-1/t15-,16+,17+,20?;/m1./s1. The summed E-state index contributed by atoms with van der Waals surface area (Å²) in [7, 11) is -5.20. The molecule has 1 unspecified atom stereocenters. The minimum absolute atomic E-state index is 0. The van der Waals surface area contributed by atoms with Crippen LogP contribution in [0.3, 0.4) is 0 Å². The number of nitrogens with one attached hydrogen (secondary N) is 3. The summed E-state index contributed by atoms with van der Waals surface area (Å²) in [6, 6.07) is -2.72. The second-order valence-corrected chi connectivity index (χ2v) is 12.7. The van der Waals surface area contributed by atoms with Crippen molar-refractivity contribution < 1.29 is 76.3 Å². The topological polar surface area (TPSA) is 203 Å². The maximum Gasteiger partial charge on any atom is 1.00 e. The molecule has 2 rings (SSSR count). The van der Waals surface area contributed by atoms with Crippen molar-refractivity contribution in [2.24, 2.45) is 17.8 Å². The van der Waals surface area contributed by atoms with Crippen molar-refractivity contribution in [1.82, 2.24) is 20.9 Å². The number of carbonyl (C=O) groups is 4. The summed E-state index contributed by atoms with van der Waals surface area (Å²) in [5.74, 6) is -2.08. The molecule has 0 bridgehead atoms. The molecule has 4 N–H and O–H groups in total. The van der Waals surface area contributed by atoms with E-state index in [1.165, 1.54) is 4.90 Å². The molecule has 2 aliphatic rings. The third kappa shape index (κ3) is 11.8. The molecule has 0 aliphatic carbocycles. The Morgan fingerprint density at radius 3 is 2.31 bits per heavy atom. The van der Waals surface area contributed by atoms with Crippen molar-refractivity contribution in [3.63, 3.8) is 0 Å². The Balaban J connectivity index is 0.00000760. The Labute approximate surface area is 251 Å². The minimum Gasteiger partial charge on any atom is -0.746 e. The van der Waals surface area contributed by atoms with Gasteiger partial charge in [-0.1, -0.05) is 13.8 Å². The summed E-state index contributed by atoms with van der Waals surface area (Å²) >= 11 is 0. The molecule has 14 nitrogen and oxygen atoms in total. The van der Waals surface area contributed by atoms with Gasteiger partial charge in [0, 0.05) is 31.5 Å². The monoisotopic (exact) mass is 586 g/mol. The van der Waals surface area contributed by atoms with Gasteiger partial charge in [0.2, 0.25) is 11.8 Å². The Morgan fingerprint density at radius 2 is 1.82 bits per heavy atom. The van der Waals surface area contributed by atoms with E-state index < -0.39 is 57.3 Å². The van der Waals surface area contributed by atoms with Gasteiger partial charge in [0.25, 0.3) is 0 Å². The van der Waals surface area contributed by atoms with E-state index in [0.717, 1.165) is 0 Å². The van der Waals surface area contributed by atoms with Crippen molar-refractivity contribution in [3.8, 4) is 0 Å². The first-order valence-corrected chi connectivity index (χ1v) is 14.1. The van der Waals surface area contributed by atoms with Crippen LogP contribution in [-0.2, 0) is 29.2 Å². The van der Waals surface area contributed by atoms with Crippen molar-refractivity contribution in [2.75, 3.05) is 26.2 Å². The average Bonchev–Trinajstić information content (AvgIpc) is 3.13. The molecule has 2 heterocycles. The Morgan fingerprint density at radius 1 is 1.21 bits per heavy atom. The van der Waals surface area contributed by atoms with Crippen molar-refractivity contribution >= 4 is 34.1 Å². The van der Waals surface area contributed by atoms with Crippen LogP contribution in [0.1, 0.15) is 53.9 Å². The second kappa shape index (κ2) is 14.8. The SMILES string of the molecule is CC(C)C[C@H](NC(=O)OCC1CN(C(=O)OC(C)(C)C)C1)C(=O)N[C@@H](C[C@H]1CCNC1=O)C(O)S(=O)(=O)[O-].[Na+]. The first kappa shape index (κ1) is 35.4. The summed E-state index contributed by atoms with van der Waals surface area (Å²) in [6.07, 6.45) is -1.13. The van der Waals surface area contributed by atoms with Crippen LogP contribution in [0.4, 0.5) is 9.59 Å². The van der Waals surface area contributed by atoms with Crippen LogP contribution in [0.5, 0.6) is 0 Å². The van der Waals surface area contributed by atoms with Gasteiger partial charge in [-0.3, -0.25) is 9.59 Å². The van der Waals surface area contributed by atoms with Gasteiger partial charge >= 0.3 is 41.7 Å². The zero-order valence-corrected chi connectivity index (χ0v) is 26.2. The van der Waals surface area contributed by atoms with Crippen molar-refractivity contribution in [2.45, 2.75) is 77.0 Å². The number of alkyl carbamates (subject to hydrolysis) is 1. The molecule has 2 aliphatic heterocycles. The summed E-state index contributed by atoms with van der Waals surface area (Å²) in [6.45, 7) is 9.90. The molecule has 0 spiro atoms. The molecule has 0 aromatic carbocycles. The number of aliphatic hydroxyl groups is 1. The van der Waals surface area contributed by atoms with Gasteiger partial charge in [0.15, 0.2) is 5.44 Å². The van der Waals surface area contributed by atoms with E-state index in [-0.39, 0.29) is 66.7 Å².